The molecule has 0 aliphatic carbocycles. The maximum absolute atomic E-state index is 13.8. The van der Waals surface area contributed by atoms with Crippen molar-refractivity contribution in [1.29, 1.82) is 0 Å². The van der Waals surface area contributed by atoms with E-state index < -0.39 is 23.6 Å². The highest BCUT2D eigenvalue weighted by Gasteiger charge is 2.32. The topological polar surface area (TPSA) is 38.0 Å². The van der Waals surface area contributed by atoms with Gasteiger partial charge in [0.2, 0.25) is 0 Å². The number of benzene rings is 1. The van der Waals surface area contributed by atoms with Crippen molar-refractivity contribution in [1.82, 2.24) is 5.32 Å². The summed E-state index contributed by atoms with van der Waals surface area (Å²) in [6.45, 7) is 1.61. The molecule has 2 rings (SSSR count). The lowest BCUT2D eigenvalue weighted by Gasteiger charge is -2.28. The molecule has 1 fully saturated rings. The Bertz CT molecular complexity index is 444. The molecule has 2 nitrogen and oxygen atoms in total. The highest BCUT2D eigenvalue weighted by Crippen LogP contribution is 2.33. The molecule has 1 aliphatic heterocycles. The largest absolute Gasteiger partial charge is 0.416 e. The zero-order valence-electron chi connectivity index (χ0n) is 10.7. The molecule has 3 N–H and O–H groups in total. The van der Waals surface area contributed by atoms with Crippen molar-refractivity contribution in [3.05, 3.63) is 35.1 Å². The summed E-state index contributed by atoms with van der Waals surface area (Å²) < 4.78 is 51.1. The molecule has 1 saturated heterocycles. The Morgan fingerprint density at radius 1 is 1.20 bits per heavy atom. The van der Waals surface area contributed by atoms with Gasteiger partial charge in [0.05, 0.1) is 5.56 Å². The van der Waals surface area contributed by atoms with Crippen molar-refractivity contribution >= 4 is 12.4 Å². The minimum atomic E-state index is -4.53. The fourth-order valence-electron chi connectivity index (χ4n) is 2.43. The lowest BCUT2D eigenvalue weighted by molar-refractivity contribution is -0.137. The second-order valence-electron chi connectivity index (χ2n) is 4.85. The Balaban J connectivity index is 0.00000200. The fourth-order valence-corrected chi connectivity index (χ4v) is 2.43. The van der Waals surface area contributed by atoms with Gasteiger partial charge in [0, 0.05) is 11.6 Å². The maximum Gasteiger partial charge on any atom is 0.416 e. The van der Waals surface area contributed by atoms with Crippen LogP contribution < -0.4 is 11.1 Å². The van der Waals surface area contributed by atoms with E-state index in [1.54, 1.807) is 0 Å². The SMILES string of the molecule is Cl.N[C@@H](c1ccc(C(F)(F)F)cc1F)C1CCNCC1. The van der Waals surface area contributed by atoms with Crippen molar-refractivity contribution in [3.63, 3.8) is 0 Å². The molecule has 0 radical (unpaired) electrons. The van der Waals surface area contributed by atoms with Gasteiger partial charge in [0.15, 0.2) is 0 Å². The second kappa shape index (κ2) is 6.74. The zero-order chi connectivity index (χ0) is 14.0. The summed E-state index contributed by atoms with van der Waals surface area (Å²) >= 11 is 0. The van der Waals surface area contributed by atoms with Crippen LogP contribution in [0.1, 0.15) is 30.0 Å². The Hall–Kier alpha value is -0.850. The van der Waals surface area contributed by atoms with E-state index in [9.17, 15) is 17.6 Å². The third-order valence-electron chi connectivity index (χ3n) is 3.58. The zero-order valence-corrected chi connectivity index (χ0v) is 11.5. The van der Waals surface area contributed by atoms with Crippen molar-refractivity contribution in [3.8, 4) is 0 Å². The van der Waals surface area contributed by atoms with E-state index in [1.165, 1.54) is 0 Å². The van der Waals surface area contributed by atoms with Crippen LogP contribution in [0.4, 0.5) is 17.6 Å². The molecular weight excluding hydrogens is 296 g/mol. The van der Waals surface area contributed by atoms with Crippen LogP contribution in [0.3, 0.4) is 0 Å². The molecule has 0 amide bonds. The predicted octanol–water partition coefficient (Wildman–Crippen LogP) is 3.27. The van der Waals surface area contributed by atoms with Gasteiger partial charge in [-0.2, -0.15) is 13.2 Å². The number of rotatable bonds is 2. The smallest absolute Gasteiger partial charge is 0.324 e. The summed E-state index contributed by atoms with van der Waals surface area (Å²) in [5, 5.41) is 3.17. The Morgan fingerprint density at radius 2 is 1.80 bits per heavy atom. The van der Waals surface area contributed by atoms with Crippen LogP contribution in [0.5, 0.6) is 0 Å². The Kier molecular flexibility index (Phi) is 5.79. The minimum Gasteiger partial charge on any atom is -0.324 e. The minimum absolute atomic E-state index is 0. The van der Waals surface area contributed by atoms with Gasteiger partial charge in [-0.1, -0.05) is 6.07 Å². The molecule has 1 atom stereocenters. The summed E-state index contributed by atoms with van der Waals surface area (Å²) in [6, 6.07) is 2.02. The number of piperidine rings is 1. The normalized spacial score (nSPS) is 18.4. The third-order valence-corrected chi connectivity index (χ3v) is 3.58. The summed E-state index contributed by atoms with van der Waals surface area (Å²) in [5.74, 6) is -0.770. The Labute approximate surface area is 121 Å². The molecule has 114 valence electrons. The van der Waals surface area contributed by atoms with E-state index in [1.807, 2.05) is 0 Å². The van der Waals surface area contributed by atoms with Crippen LogP contribution in [0, 0.1) is 11.7 Å². The molecule has 0 saturated carbocycles. The molecule has 0 aromatic heterocycles. The average molecular weight is 313 g/mol. The Morgan fingerprint density at radius 3 is 2.30 bits per heavy atom. The first kappa shape index (κ1) is 17.2. The van der Waals surface area contributed by atoms with E-state index in [0.29, 0.717) is 6.07 Å². The predicted molar refractivity (Wildman–Crippen MR) is 71.2 cm³/mol. The highest BCUT2D eigenvalue weighted by atomic mass is 35.5. The molecule has 0 spiro atoms. The molecule has 1 aliphatic rings. The highest BCUT2D eigenvalue weighted by molar-refractivity contribution is 5.85. The van der Waals surface area contributed by atoms with E-state index >= 15 is 0 Å². The first-order valence-electron chi connectivity index (χ1n) is 6.22. The van der Waals surface area contributed by atoms with E-state index in [2.05, 4.69) is 5.32 Å². The van der Waals surface area contributed by atoms with Crippen molar-refractivity contribution in [2.45, 2.75) is 25.1 Å². The van der Waals surface area contributed by atoms with Gasteiger partial charge in [-0.25, -0.2) is 4.39 Å². The summed E-state index contributed by atoms with van der Waals surface area (Å²) in [4.78, 5) is 0. The fraction of sp³-hybridized carbons (Fsp3) is 0.538. The molecule has 20 heavy (non-hydrogen) atoms. The summed E-state index contributed by atoms with van der Waals surface area (Å²) in [6.07, 6.45) is -2.92. The van der Waals surface area contributed by atoms with E-state index in [-0.39, 0.29) is 23.9 Å². The molecule has 7 heteroatoms. The van der Waals surface area contributed by atoms with Gasteiger partial charge in [0.25, 0.3) is 0 Å². The molecule has 1 aromatic rings. The van der Waals surface area contributed by atoms with Crippen LogP contribution in [-0.4, -0.2) is 13.1 Å². The maximum atomic E-state index is 13.8. The molecular formula is C13H17ClF4N2. The van der Waals surface area contributed by atoms with E-state index in [4.69, 9.17) is 5.73 Å². The third kappa shape index (κ3) is 3.84. The van der Waals surface area contributed by atoms with E-state index in [0.717, 1.165) is 38.1 Å². The van der Waals surface area contributed by atoms with Crippen molar-refractivity contribution < 1.29 is 17.6 Å². The molecule has 1 aromatic carbocycles. The number of hydrogen-bond acceptors (Lipinski definition) is 2. The number of halogens is 5. The first-order valence-corrected chi connectivity index (χ1v) is 6.22. The van der Waals surface area contributed by atoms with Crippen LogP contribution >= 0.6 is 12.4 Å². The first-order chi connectivity index (χ1) is 8.89. The van der Waals surface area contributed by atoms with Gasteiger partial charge in [-0.05, 0) is 44.0 Å². The average Bonchev–Trinajstić information content (AvgIpc) is 2.38. The lowest BCUT2D eigenvalue weighted by Crippen LogP contribution is -2.34. The number of hydrogen-bond donors (Lipinski definition) is 2. The standard InChI is InChI=1S/C13H16F4N2.ClH/c14-11-7-9(13(15,16)17)1-2-10(11)12(18)8-3-5-19-6-4-8;/h1-2,7-8,12,19H,3-6,18H2;1H/t12-;/m1./s1. The van der Waals surface area contributed by atoms with Gasteiger partial charge in [0.1, 0.15) is 5.82 Å². The van der Waals surface area contributed by atoms with Gasteiger partial charge < -0.3 is 11.1 Å². The summed E-state index contributed by atoms with van der Waals surface area (Å²) in [7, 11) is 0. The number of nitrogens with one attached hydrogen (secondary N) is 1. The number of alkyl halides is 3. The second-order valence-corrected chi connectivity index (χ2v) is 4.85. The van der Waals surface area contributed by atoms with Crippen molar-refractivity contribution in [2.75, 3.05) is 13.1 Å². The number of nitrogens with two attached hydrogens (primary N) is 1. The van der Waals surface area contributed by atoms with Crippen molar-refractivity contribution in [2.24, 2.45) is 11.7 Å². The lowest BCUT2D eigenvalue weighted by atomic mass is 9.86. The van der Waals surface area contributed by atoms with Gasteiger partial charge in [-0.15, -0.1) is 12.4 Å². The van der Waals surface area contributed by atoms with Crippen LogP contribution in [0.2, 0.25) is 0 Å². The molecule has 0 unspecified atom stereocenters. The quantitative estimate of drug-likeness (QED) is 0.823. The van der Waals surface area contributed by atoms with Gasteiger partial charge >= 0.3 is 6.18 Å². The molecule has 1 heterocycles. The van der Waals surface area contributed by atoms with Crippen LogP contribution in [0.15, 0.2) is 18.2 Å². The van der Waals surface area contributed by atoms with Gasteiger partial charge in [-0.3, -0.25) is 0 Å². The van der Waals surface area contributed by atoms with Crippen LogP contribution in [-0.2, 0) is 6.18 Å². The monoisotopic (exact) mass is 312 g/mol. The molecule has 0 bridgehead atoms. The summed E-state index contributed by atoms with van der Waals surface area (Å²) in [5.41, 5.74) is 5.17. The van der Waals surface area contributed by atoms with Crippen LogP contribution in [0.25, 0.3) is 0 Å².